The topological polar surface area (TPSA) is 66.8 Å². The SMILES string of the molecule is O=C(CCCl)Oc1cc(O)cc(O)c1. The number of alkyl halides is 1. The Balaban J connectivity index is 2.71. The van der Waals surface area contributed by atoms with Crippen LogP contribution in [-0.2, 0) is 4.79 Å². The zero-order valence-electron chi connectivity index (χ0n) is 7.24. The van der Waals surface area contributed by atoms with E-state index in [-0.39, 0.29) is 29.5 Å². The fraction of sp³-hybridized carbons (Fsp3) is 0.222. The van der Waals surface area contributed by atoms with Crippen LogP contribution in [0.4, 0.5) is 0 Å². The van der Waals surface area contributed by atoms with Gasteiger partial charge in [-0.15, -0.1) is 11.6 Å². The molecule has 0 radical (unpaired) electrons. The summed E-state index contributed by atoms with van der Waals surface area (Å²) in [5.74, 6) is -0.580. The highest BCUT2D eigenvalue weighted by Gasteiger charge is 2.05. The molecular formula is C9H9ClO4. The molecule has 1 rings (SSSR count). The van der Waals surface area contributed by atoms with Crippen molar-refractivity contribution >= 4 is 17.6 Å². The number of ether oxygens (including phenoxy) is 1. The van der Waals surface area contributed by atoms with Gasteiger partial charge >= 0.3 is 5.97 Å². The molecule has 76 valence electrons. The van der Waals surface area contributed by atoms with Gasteiger partial charge < -0.3 is 14.9 Å². The van der Waals surface area contributed by atoms with Gasteiger partial charge in [0.2, 0.25) is 0 Å². The molecule has 0 fully saturated rings. The quantitative estimate of drug-likeness (QED) is 0.458. The molecule has 2 N–H and O–H groups in total. The number of phenols is 2. The van der Waals surface area contributed by atoms with Gasteiger partial charge in [0.05, 0.1) is 6.42 Å². The number of aromatic hydroxyl groups is 2. The number of hydrogen-bond donors (Lipinski definition) is 2. The molecule has 1 aromatic carbocycles. The van der Waals surface area contributed by atoms with Gasteiger partial charge in [-0.3, -0.25) is 4.79 Å². The molecule has 14 heavy (non-hydrogen) atoms. The molecule has 0 saturated carbocycles. The van der Waals surface area contributed by atoms with Crippen molar-refractivity contribution in [3.63, 3.8) is 0 Å². The standard InChI is InChI=1S/C9H9ClO4/c10-2-1-9(13)14-8-4-6(11)3-7(12)5-8/h3-5,11-12H,1-2H2. The first-order valence-electron chi connectivity index (χ1n) is 3.91. The number of phenolic OH excluding ortho intramolecular Hbond substituents is 2. The minimum Gasteiger partial charge on any atom is -0.508 e. The summed E-state index contributed by atoms with van der Waals surface area (Å²) >= 11 is 5.33. The predicted octanol–water partition coefficient (Wildman–Crippen LogP) is 1.63. The zero-order valence-corrected chi connectivity index (χ0v) is 7.99. The van der Waals surface area contributed by atoms with Crippen LogP contribution in [-0.4, -0.2) is 22.1 Å². The van der Waals surface area contributed by atoms with Crippen LogP contribution in [0, 0.1) is 0 Å². The summed E-state index contributed by atoms with van der Waals surface area (Å²) in [4.78, 5) is 11.0. The fourth-order valence-corrected chi connectivity index (χ4v) is 1.04. The summed E-state index contributed by atoms with van der Waals surface area (Å²) in [6, 6.07) is 3.59. The largest absolute Gasteiger partial charge is 0.508 e. The van der Waals surface area contributed by atoms with E-state index < -0.39 is 5.97 Å². The molecular weight excluding hydrogens is 208 g/mol. The van der Waals surface area contributed by atoms with E-state index in [4.69, 9.17) is 26.6 Å². The van der Waals surface area contributed by atoms with Crippen molar-refractivity contribution in [1.29, 1.82) is 0 Å². The smallest absolute Gasteiger partial charge is 0.312 e. The van der Waals surface area contributed by atoms with E-state index in [1.807, 2.05) is 0 Å². The van der Waals surface area contributed by atoms with Gasteiger partial charge in [0.15, 0.2) is 0 Å². The zero-order chi connectivity index (χ0) is 10.6. The van der Waals surface area contributed by atoms with Crippen molar-refractivity contribution in [2.75, 3.05) is 5.88 Å². The lowest BCUT2D eigenvalue weighted by molar-refractivity contribution is -0.133. The second-order valence-corrected chi connectivity index (χ2v) is 2.98. The van der Waals surface area contributed by atoms with Crippen LogP contribution in [0.25, 0.3) is 0 Å². The average Bonchev–Trinajstić information content (AvgIpc) is 2.01. The van der Waals surface area contributed by atoms with Gasteiger partial charge in [-0.05, 0) is 0 Å². The number of esters is 1. The molecule has 0 unspecified atom stereocenters. The third kappa shape index (κ3) is 3.14. The van der Waals surface area contributed by atoms with Crippen molar-refractivity contribution in [1.82, 2.24) is 0 Å². The number of rotatable bonds is 3. The third-order valence-electron chi connectivity index (χ3n) is 1.41. The van der Waals surface area contributed by atoms with E-state index >= 15 is 0 Å². The van der Waals surface area contributed by atoms with Crippen LogP contribution >= 0.6 is 11.6 Å². The molecule has 0 amide bonds. The molecule has 0 aliphatic heterocycles. The van der Waals surface area contributed by atoms with Crippen molar-refractivity contribution in [2.24, 2.45) is 0 Å². The Bertz CT molecular complexity index is 317. The van der Waals surface area contributed by atoms with E-state index in [9.17, 15) is 4.79 Å². The van der Waals surface area contributed by atoms with Crippen molar-refractivity contribution < 1.29 is 19.7 Å². The van der Waals surface area contributed by atoms with E-state index in [1.54, 1.807) is 0 Å². The predicted molar refractivity (Wildman–Crippen MR) is 50.7 cm³/mol. The third-order valence-corrected chi connectivity index (χ3v) is 1.60. The summed E-state index contributed by atoms with van der Waals surface area (Å²) < 4.78 is 4.77. The minimum atomic E-state index is -0.509. The molecule has 0 aromatic heterocycles. The highest BCUT2D eigenvalue weighted by Crippen LogP contribution is 2.25. The van der Waals surface area contributed by atoms with Crippen LogP contribution in [0.15, 0.2) is 18.2 Å². The molecule has 0 aliphatic rings. The highest BCUT2D eigenvalue weighted by molar-refractivity contribution is 6.18. The lowest BCUT2D eigenvalue weighted by Crippen LogP contribution is -2.07. The highest BCUT2D eigenvalue weighted by atomic mass is 35.5. The first kappa shape index (κ1) is 10.7. The maximum Gasteiger partial charge on any atom is 0.312 e. The molecule has 0 aliphatic carbocycles. The maximum atomic E-state index is 11.0. The summed E-state index contributed by atoms with van der Waals surface area (Å²) in [5, 5.41) is 18.1. The average molecular weight is 217 g/mol. The van der Waals surface area contributed by atoms with Gasteiger partial charge in [0.1, 0.15) is 17.2 Å². The van der Waals surface area contributed by atoms with Gasteiger partial charge in [-0.2, -0.15) is 0 Å². The fourth-order valence-electron chi connectivity index (χ4n) is 0.887. The Labute approximate surface area is 85.7 Å². The molecule has 0 saturated heterocycles. The lowest BCUT2D eigenvalue weighted by Gasteiger charge is -2.03. The van der Waals surface area contributed by atoms with E-state index in [2.05, 4.69) is 0 Å². The second-order valence-electron chi connectivity index (χ2n) is 2.60. The summed E-state index contributed by atoms with van der Waals surface area (Å²) in [5.41, 5.74) is 0. The number of benzene rings is 1. The molecule has 1 aromatic rings. The number of hydrogen-bond acceptors (Lipinski definition) is 4. The Morgan fingerprint density at radius 2 is 1.86 bits per heavy atom. The summed E-state index contributed by atoms with van der Waals surface area (Å²) in [6.07, 6.45) is 0.0813. The Hall–Kier alpha value is -1.42. The second kappa shape index (κ2) is 4.72. The molecule has 5 heteroatoms. The molecule has 0 heterocycles. The van der Waals surface area contributed by atoms with Gasteiger partial charge in [0.25, 0.3) is 0 Å². The Morgan fingerprint density at radius 1 is 1.29 bits per heavy atom. The molecule has 4 nitrogen and oxygen atoms in total. The van der Waals surface area contributed by atoms with Crippen LogP contribution in [0.3, 0.4) is 0 Å². The van der Waals surface area contributed by atoms with Crippen molar-refractivity contribution in [2.45, 2.75) is 6.42 Å². The van der Waals surface area contributed by atoms with Crippen LogP contribution in [0.2, 0.25) is 0 Å². The van der Waals surface area contributed by atoms with Gasteiger partial charge in [0, 0.05) is 24.1 Å². The van der Waals surface area contributed by atoms with Crippen molar-refractivity contribution in [3.05, 3.63) is 18.2 Å². The molecule has 0 bridgehead atoms. The van der Waals surface area contributed by atoms with Crippen molar-refractivity contribution in [3.8, 4) is 17.2 Å². The molecule has 0 spiro atoms. The first-order chi connectivity index (χ1) is 6.61. The lowest BCUT2D eigenvalue weighted by atomic mass is 10.3. The Morgan fingerprint density at radius 3 is 2.36 bits per heavy atom. The summed E-state index contributed by atoms with van der Waals surface area (Å²) in [7, 11) is 0. The van der Waals surface area contributed by atoms with E-state index in [0.717, 1.165) is 6.07 Å². The van der Waals surface area contributed by atoms with E-state index in [0.29, 0.717) is 0 Å². The first-order valence-corrected chi connectivity index (χ1v) is 4.45. The normalized spacial score (nSPS) is 9.79. The monoisotopic (exact) mass is 216 g/mol. The number of carbonyl (C=O) groups is 1. The summed E-state index contributed by atoms with van der Waals surface area (Å²) in [6.45, 7) is 0. The van der Waals surface area contributed by atoms with Gasteiger partial charge in [-0.1, -0.05) is 0 Å². The van der Waals surface area contributed by atoms with Crippen LogP contribution in [0.1, 0.15) is 6.42 Å². The number of halogens is 1. The molecule has 0 atom stereocenters. The number of carbonyl (C=O) groups excluding carboxylic acids is 1. The van der Waals surface area contributed by atoms with Gasteiger partial charge in [-0.25, -0.2) is 0 Å². The maximum absolute atomic E-state index is 11.0. The minimum absolute atomic E-state index is 0.0813. The Kier molecular flexibility index (Phi) is 3.59. The van der Waals surface area contributed by atoms with E-state index in [1.165, 1.54) is 12.1 Å². The van der Waals surface area contributed by atoms with Crippen LogP contribution in [0.5, 0.6) is 17.2 Å². The van der Waals surface area contributed by atoms with Crippen LogP contribution < -0.4 is 4.74 Å².